The molecular weight excluding hydrogens is 342 g/mol. The topological polar surface area (TPSA) is 38.7 Å². The SMILES string of the molecule is CC(C)(C)c1ccc(C2=NC(=Cc3csc4ccccc34)C(=O)O2)cc1. The number of nitrogens with zero attached hydrogens (tertiary/aromatic N) is 1. The van der Waals surface area contributed by atoms with Crippen molar-refractivity contribution in [3.63, 3.8) is 0 Å². The van der Waals surface area contributed by atoms with Gasteiger partial charge in [-0.2, -0.15) is 0 Å². The van der Waals surface area contributed by atoms with Crippen LogP contribution in [0.15, 0.2) is 64.6 Å². The summed E-state index contributed by atoms with van der Waals surface area (Å²) < 4.78 is 6.58. The summed E-state index contributed by atoms with van der Waals surface area (Å²) in [6, 6.07) is 16.1. The van der Waals surface area contributed by atoms with Gasteiger partial charge >= 0.3 is 5.97 Å². The second-order valence-corrected chi connectivity index (χ2v) is 8.26. The predicted octanol–water partition coefficient (Wildman–Crippen LogP) is 5.54. The molecule has 1 aromatic heterocycles. The third-order valence-electron chi connectivity index (χ3n) is 4.42. The van der Waals surface area contributed by atoms with Gasteiger partial charge in [0.1, 0.15) is 0 Å². The first kappa shape index (κ1) is 16.7. The summed E-state index contributed by atoms with van der Waals surface area (Å²) in [5.74, 6) is -0.0450. The quantitative estimate of drug-likeness (QED) is 0.444. The molecule has 26 heavy (non-hydrogen) atoms. The number of esters is 1. The van der Waals surface area contributed by atoms with E-state index in [2.05, 4.69) is 44.0 Å². The Morgan fingerprint density at radius 3 is 2.50 bits per heavy atom. The van der Waals surface area contributed by atoms with Crippen molar-refractivity contribution in [3.05, 3.63) is 76.3 Å². The van der Waals surface area contributed by atoms with E-state index in [1.54, 1.807) is 17.4 Å². The monoisotopic (exact) mass is 361 g/mol. The molecule has 0 saturated heterocycles. The summed E-state index contributed by atoms with van der Waals surface area (Å²) in [6.07, 6.45) is 1.80. The van der Waals surface area contributed by atoms with Gasteiger partial charge in [0.05, 0.1) is 0 Å². The fourth-order valence-electron chi connectivity index (χ4n) is 2.90. The number of thiophene rings is 1. The molecule has 0 N–H and O–H groups in total. The van der Waals surface area contributed by atoms with Gasteiger partial charge in [-0.25, -0.2) is 9.79 Å². The van der Waals surface area contributed by atoms with E-state index in [1.165, 1.54) is 10.3 Å². The molecule has 4 heteroatoms. The number of fused-ring (bicyclic) bond motifs is 1. The summed E-state index contributed by atoms with van der Waals surface area (Å²) >= 11 is 1.65. The Kier molecular flexibility index (Phi) is 4.00. The minimum Gasteiger partial charge on any atom is -0.402 e. The van der Waals surface area contributed by atoms with E-state index in [0.29, 0.717) is 11.6 Å². The Morgan fingerprint density at radius 2 is 1.77 bits per heavy atom. The number of ether oxygens (including phenoxy) is 1. The van der Waals surface area contributed by atoms with Crippen LogP contribution < -0.4 is 0 Å². The van der Waals surface area contributed by atoms with Crippen molar-refractivity contribution < 1.29 is 9.53 Å². The lowest BCUT2D eigenvalue weighted by molar-refractivity contribution is -0.129. The fourth-order valence-corrected chi connectivity index (χ4v) is 3.82. The van der Waals surface area contributed by atoms with Gasteiger partial charge in [0.2, 0.25) is 5.90 Å². The van der Waals surface area contributed by atoms with Crippen LogP contribution in [0.2, 0.25) is 0 Å². The summed E-state index contributed by atoms with van der Waals surface area (Å²) in [7, 11) is 0. The summed E-state index contributed by atoms with van der Waals surface area (Å²) in [5, 5.41) is 3.16. The summed E-state index contributed by atoms with van der Waals surface area (Å²) in [4.78, 5) is 16.7. The molecule has 1 aliphatic rings. The molecule has 0 bridgehead atoms. The lowest BCUT2D eigenvalue weighted by Gasteiger charge is -2.18. The number of rotatable bonds is 2. The van der Waals surface area contributed by atoms with E-state index in [1.807, 2.05) is 35.7 Å². The Morgan fingerprint density at radius 1 is 1.04 bits per heavy atom. The molecule has 0 amide bonds. The number of cyclic esters (lactones) is 1. The first-order chi connectivity index (χ1) is 12.4. The first-order valence-electron chi connectivity index (χ1n) is 8.51. The van der Waals surface area contributed by atoms with Crippen LogP contribution in [0.5, 0.6) is 0 Å². The number of hydrogen-bond acceptors (Lipinski definition) is 4. The van der Waals surface area contributed by atoms with Crippen LogP contribution in [-0.2, 0) is 14.9 Å². The maximum absolute atomic E-state index is 12.2. The van der Waals surface area contributed by atoms with E-state index in [0.717, 1.165) is 16.5 Å². The van der Waals surface area contributed by atoms with Crippen molar-refractivity contribution in [2.45, 2.75) is 26.2 Å². The maximum atomic E-state index is 12.2. The molecule has 3 aromatic rings. The number of aliphatic imine (C=N–C) groups is 1. The Hall–Kier alpha value is -2.72. The fraction of sp³-hybridized carbons (Fsp3) is 0.182. The molecule has 0 radical (unpaired) electrons. The molecule has 0 saturated carbocycles. The lowest BCUT2D eigenvalue weighted by Crippen LogP contribution is -2.11. The summed E-state index contributed by atoms with van der Waals surface area (Å²) in [6.45, 7) is 6.50. The van der Waals surface area contributed by atoms with E-state index in [9.17, 15) is 4.79 Å². The van der Waals surface area contributed by atoms with Crippen molar-refractivity contribution in [1.82, 2.24) is 0 Å². The van der Waals surface area contributed by atoms with Crippen molar-refractivity contribution in [2.24, 2.45) is 4.99 Å². The molecule has 3 nitrogen and oxygen atoms in total. The average molecular weight is 361 g/mol. The van der Waals surface area contributed by atoms with Crippen molar-refractivity contribution in [3.8, 4) is 0 Å². The van der Waals surface area contributed by atoms with Crippen LogP contribution >= 0.6 is 11.3 Å². The zero-order valence-electron chi connectivity index (χ0n) is 14.9. The van der Waals surface area contributed by atoms with Gasteiger partial charge in [-0.1, -0.05) is 51.1 Å². The second kappa shape index (κ2) is 6.22. The number of hydrogen-bond donors (Lipinski definition) is 0. The average Bonchev–Trinajstić information content (AvgIpc) is 3.19. The van der Waals surface area contributed by atoms with Crippen molar-refractivity contribution >= 4 is 39.4 Å². The van der Waals surface area contributed by atoms with Crippen LogP contribution in [0.25, 0.3) is 16.2 Å². The molecule has 2 aromatic carbocycles. The third kappa shape index (κ3) is 3.08. The molecule has 4 rings (SSSR count). The van der Waals surface area contributed by atoms with Crippen LogP contribution in [0.1, 0.15) is 37.5 Å². The lowest BCUT2D eigenvalue weighted by atomic mass is 9.87. The van der Waals surface area contributed by atoms with E-state index < -0.39 is 5.97 Å². The molecule has 0 aliphatic carbocycles. The highest BCUT2D eigenvalue weighted by Crippen LogP contribution is 2.29. The first-order valence-corrected chi connectivity index (χ1v) is 9.39. The molecule has 0 spiro atoms. The molecular formula is C22H19NO2S. The maximum Gasteiger partial charge on any atom is 0.363 e. The smallest absolute Gasteiger partial charge is 0.363 e. The molecule has 1 aliphatic heterocycles. The van der Waals surface area contributed by atoms with Gasteiger partial charge in [-0.3, -0.25) is 0 Å². The second-order valence-electron chi connectivity index (χ2n) is 7.35. The molecule has 2 heterocycles. The van der Waals surface area contributed by atoms with E-state index in [4.69, 9.17) is 4.74 Å². The molecule has 130 valence electrons. The van der Waals surface area contributed by atoms with E-state index >= 15 is 0 Å². The van der Waals surface area contributed by atoms with Gasteiger partial charge in [-0.15, -0.1) is 11.3 Å². The number of carbonyl (C=O) groups is 1. The highest BCUT2D eigenvalue weighted by Gasteiger charge is 2.25. The van der Waals surface area contributed by atoms with Gasteiger partial charge in [0, 0.05) is 10.3 Å². The molecule has 0 fully saturated rings. The van der Waals surface area contributed by atoms with Gasteiger partial charge < -0.3 is 4.74 Å². The third-order valence-corrected chi connectivity index (χ3v) is 5.40. The largest absolute Gasteiger partial charge is 0.402 e. The minimum atomic E-state index is -0.407. The molecule has 0 unspecified atom stereocenters. The Balaban J connectivity index is 1.67. The Labute approximate surface area is 156 Å². The Bertz CT molecular complexity index is 1050. The number of benzene rings is 2. The molecule has 0 atom stereocenters. The zero-order valence-corrected chi connectivity index (χ0v) is 15.8. The number of carbonyl (C=O) groups excluding carboxylic acids is 1. The minimum absolute atomic E-state index is 0.0811. The van der Waals surface area contributed by atoms with Crippen molar-refractivity contribution in [1.29, 1.82) is 0 Å². The van der Waals surface area contributed by atoms with Gasteiger partial charge in [0.25, 0.3) is 0 Å². The van der Waals surface area contributed by atoms with Gasteiger partial charge in [-0.05, 0) is 51.6 Å². The highest BCUT2D eigenvalue weighted by molar-refractivity contribution is 7.17. The van der Waals surface area contributed by atoms with Crippen LogP contribution in [0.4, 0.5) is 0 Å². The van der Waals surface area contributed by atoms with Crippen LogP contribution in [-0.4, -0.2) is 11.9 Å². The zero-order chi connectivity index (χ0) is 18.3. The standard InChI is InChI=1S/C22H19NO2S/c1-22(2,3)16-10-8-14(9-11-16)20-23-18(21(24)25-20)12-15-13-26-19-7-5-4-6-17(15)19/h4-13H,1-3H3. The van der Waals surface area contributed by atoms with E-state index in [-0.39, 0.29) is 5.41 Å². The predicted molar refractivity (Wildman–Crippen MR) is 108 cm³/mol. The van der Waals surface area contributed by atoms with Crippen molar-refractivity contribution in [2.75, 3.05) is 0 Å². The van der Waals surface area contributed by atoms with Crippen LogP contribution in [0, 0.1) is 0 Å². The summed E-state index contributed by atoms with van der Waals surface area (Å²) in [5.41, 5.74) is 3.45. The normalized spacial score (nSPS) is 16.2. The van der Waals surface area contributed by atoms with Crippen LogP contribution in [0.3, 0.4) is 0 Å². The highest BCUT2D eigenvalue weighted by atomic mass is 32.1. The van der Waals surface area contributed by atoms with Gasteiger partial charge in [0.15, 0.2) is 5.70 Å².